The zero-order valence-corrected chi connectivity index (χ0v) is 13.3. The molecular weight excluding hydrogens is 276 g/mol. The second-order valence-corrected chi connectivity index (χ2v) is 5.96. The van der Waals surface area contributed by atoms with Gasteiger partial charge in [0.25, 0.3) is 0 Å². The summed E-state index contributed by atoms with van der Waals surface area (Å²) in [6.07, 6.45) is 2.17. The molecule has 0 aliphatic carbocycles. The molecule has 5 nitrogen and oxygen atoms in total. The first kappa shape index (κ1) is 17.3. The average Bonchev–Trinajstić information content (AvgIpc) is 2.49. The maximum Gasteiger partial charge on any atom is 0.232 e. The minimum Gasteiger partial charge on any atom is -0.378 e. The Morgan fingerprint density at radius 3 is 2.45 bits per heavy atom. The average molecular weight is 302 g/mol. The standard InChI is InChI=1S/C14H26N2O3S/c1-3-12(4-2)9-15-13(17)10-20-11-14(18)16-5-7-19-8-6-16/h12H,3-11H2,1-2H3,(H,15,17). The molecule has 0 atom stereocenters. The number of rotatable bonds is 8. The summed E-state index contributed by atoms with van der Waals surface area (Å²) in [5, 5.41) is 2.93. The Morgan fingerprint density at radius 1 is 1.20 bits per heavy atom. The predicted molar refractivity (Wildman–Crippen MR) is 81.8 cm³/mol. The molecule has 1 rings (SSSR count). The lowest BCUT2D eigenvalue weighted by molar-refractivity contribution is -0.132. The first-order valence-corrected chi connectivity index (χ1v) is 8.52. The Bertz CT molecular complexity index is 303. The van der Waals surface area contributed by atoms with Crippen LogP contribution in [-0.4, -0.2) is 61.1 Å². The van der Waals surface area contributed by atoms with Gasteiger partial charge in [0.1, 0.15) is 0 Å². The number of ether oxygens (including phenoxy) is 1. The maximum atomic E-state index is 11.9. The van der Waals surface area contributed by atoms with E-state index in [1.54, 1.807) is 4.90 Å². The molecule has 1 aliphatic rings. The van der Waals surface area contributed by atoms with Crippen molar-refractivity contribution in [3.8, 4) is 0 Å². The van der Waals surface area contributed by atoms with E-state index in [1.807, 2.05) is 0 Å². The smallest absolute Gasteiger partial charge is 0.232 e. The number of nitrogens with zero attached hydrogens (tertiary/aromatic N) is 1. The minimum atomic E-state index is 0.0247. The zero-order chi connectivity index (χ0) is 14.8. The van der Waals surface area contributed by atoms with Crippen LogP contribution in [0.15, 0.2) is 0 Å². The van der Waals surface area contributed by atoms with Crippen molar-refractivity contribution in [1.82, 2.24) is 10.2 Å². The molecule has 1 N–H and O–H groups in total. The largest absolute Gasteiger partial charge is 0.378 e. The minimum absolute atomic E-state index is 0.0247. The second-order valence-electron chi connectivity index (χ2n) is 4.97. The molecule has 2 amide bonds. The number of hydrogen-bond donors (Lipinski definition) is 1. The molecule has 0 bridgehead atoms. The topological polar surface area (TPSA) is 58.6 Å². The summed E-state index contributed by atoms with van der Waals surface area (Å²) >= 11 is 1.39. The Balaban J connectivity index is 2.10. The lowest BCUT2D eigenvalue weighted by Gasteiger charge is -2.26. The van der Waals surface area contributed by atoms with Gasteiger partial charge in [0, 0.05) is 19.6 Å². The number of thioether (sulfide) groups is 1. The van der Waals surface area contributed by atoms with Gasteiger partial charge in [0.15, 0.2) is 0 Å². The Morgan fingerprint density at radius 2 is 1.85 bits per heavy atom. The molecule has 1 aliphatic heterocycles. The van der Waals surface area contributed by atoms with E-state index in [1.165, 1.54) is 11.8 Å². The summed E-state index contributed by atoms with van der Waals surface area (Å²) in [6, 6.07) is 0. The number of nitrogens with one attached hydrogen (secondary N) is 1. The van der Waals surface area contributed by atoms with Crippen molar-refractivity contribution in [3.05, 3.63) is 0 Å². The Kier molecular flexibility index (Phi) is 8.69. The highest BCUT2D eigenvalue weighted by atomic mass is 32.2. The SMILES string of the molecule is CCC(CC)CNC(=O)CSCC(=O)N1CCOCC1. The highest BCUT2D eigenvalue weighted by Gasteiger charge is 2.17. The van der Waals surface area contributed by atoms with Crippen LogP contribution in [0.5, 0.6) is 0 Å². The lowest BCUT2D eigenvalue weighted by Crippen LogP contribution is -2.41. The van der Waals surface area contributed by atoms with Gasteiger partial charge in [-0.15, -0.1) is 11.8 Å². The van der Waals surface area contributed by atoms with E-state index in [-0.39, 0.29) is 11.8 Å². The van der Waals surface area contributed by atoms with Gasteiger partial charge in [0.05, 0.1) is 24.7 Å². The molecule has 0 radical (unpaired) electrons. The number of carbonyl (C=O) groups is 2. The molecule has 116 valence electrons. The van der Waals surface area contributed by atoms with Crippen molar-refractivity contribution >= 4 is 23.6 Å². The first-order valence-electron chi connectivity index (χ1n) is 7.37. The molecule has 0 unspecified atom stereocenters. The second kappa shape index (κ2) is 10.0. The van der Waals surface area contributed by atoms with Gasteiger partial charge in [-0.25, -0.2) is 0 Å². The summed E-state index contributed by atoms with van der Waals surface area (Å²) in [6.45, 7) is 7.58. The summed E-state index contributed by atoms with van der Waals surface area (Å²) in [5.74, 6) is 1.41. The van der Waals surface area contributed by atoms with Crippen molar-refractivity contribution in [2.24, 2.45) is 5.92 Å². The van der Waals surface area contributed by atoms with Crippen LogP contribution in [0, 0.1) is 5.92 Å². The molecule has 1 saturated heterocycles. The van der Waals surface area contributed by atoms with E-state index in [0.29, 0.717) is 43.7 Å². The van der Waals surface area contributed by atoms with Crippen molar-refractivity contribution in [2.75, 3.05) is 44.4 Å². The molecule has 1 fully saturated rings. The molecular formula is C14H26N2O3S. The summed E-state index contributed by atoms with van der Waals surface area (Å²) in [7, 11) is 0. The van der Waals surface area contributed by atoms with Gasteiger partial charge in [-0.3, -0.25) is 9.59 Å². The van der Waals surface area contributed by atoms with Gasteiger partial charge in [-0.1, -0.05) is 26.7 Å². The van der Waals surface area contributed by atoms with E-state index >= 15 is 0 Å². The van der Waals surface area contributed by atoms with Crippen LogP contribution in [0.25, 0.3) is 0 Å². The molecule has 1 heterocycles. The third kappa shape index (κ3) is 6.61. The fourth-order valence-electron chi connectivity index (χ4n) is 2.02. The number of morpholine rings is 1. The van der Waals surface area contributed by atoms with Crippen LogP contribution >= 0.6 is 11.8 Å². The van der Waals surface area contributed by atoms with Gasteiger partial charge in [-0.05, 0) is 5.92 Å². The zero-order valence-electron chi connectivity index (χ0n) is 12.5. The fraction of sp³-hybridized carbons (Fsp3) is 0.857. The van der Waals surface area contributed by atoms with Crippen LogP contribution in [0.4, 0.5) is 0 Å². The van der Waals surface area contributed by atoms with Gasteiger partial charge in [-0.2, -0.15) is 0 Å². The number of hydrogen-bond acceptors (Lipinski definition) is 4. The van der Waals surface area contributed by atoms with Crippen LogP contribution in [0.1, 0.15) is 26.7 Å². The van der Waals surface area contributed by atoms with E-state index in [4.69, 9.17) is 4.74 Å². The van der Waals surface area contributed by atoms with E-state index in [9.17, 15) is 9.59 Å². The van der Waals surface area contributed by atoms with Crippen LogP contribution in [-0.2, 0) is 14.3 Å². The number of amides is 2. The van der Waals surface area contributed by atoms with Crippen molar-refractivity contribution in [2.45, 2.75) is 26.7 Å². The van der Waals surface area contributed by atoms with Crippen molar-refractivity contribution < 1.29 is 14.3 Å². The molecule has 0 aromatic rings. The van der Waals surface area contributed by atoms with Gasteiger partial charge in [0.2, 0.25) is 11.8 Å². The molecule has 0 saturated carbocycles. The normalized spacial score (nSPS) is 15.4. The van der Waals surface area contributed by atoms with E-state index in [0.717, 1.165) is 19.4 Å². The fourth-order valence-corrected chi connectivity index (χ4v) is 2.77. The highest BCUT2D eigenvalue weighted by molar-refractivity contribution is 8.00. The lowest BCUT2D eigenvalue weighted by atomic mass is 10.0. The van der Waals surface area contributed by atoms with Crippen molar-refractivity contribution in [1.29, 1.82) is 0 Å². The third-order valence-corrected chi connectivity index (χ3v) is 4.48. The first-order chi connectivity index (χ1) is 9.67. The maximum absolute atomic E-state index is 11.9. The predicted octanol–water partition coefficient (Wildman–Crippen LogP) is 1.13. The van der Waals surface area contributed by atoms with Gasteiger partial charge >= 0.3 is 0 Å². The molecule has 20 heavy (non-hydrogen) atoms. The third-order valence-electron chi connectivity index (χ3n) is 3.57. The monoisotopic (exact) mass is 302 g/mol. The molecule has 0 aromatic carbocycles. The van der Waals surface area contributed by atoms with Crippen LogP contribution in [0.3, 0.4) is 0 Å². The molecule has 0 spiro atoms. The summed E-state index contributed by atoms with van der Waals surface area (Å²) in [5.41, 5.74) is 0. The molecule has 6 heteroatoms. The summed E-state index contributed by atoms with van der Waals surface area (Å²) in [4.78, 5) is 25.3. The molecule has 0 aromatic heterocycles. The Labute approximate surface area is 125 Å². The quantitative estimate of drug-likeness (QED) is 0.730. The van der Waals surface area contributed by atoms with Crippen LogP contribution < -0.4 is 5.32 Å². The highest BCUT2D eigenvalue weighted by Crippen LogP contribution is 2.07. The van der Waals surface area contributed by atoms with Crippen LogP contribution in [0.2, 0.25) is 0 Å². The number of carbonyl (C=O) groups excluding carboxylic acids is 2. The van der Waals surface area contributed by atoms with E-state index in [2.05, 4.69) is 19.2 Å². The Hall–Kier alpha value is -0.750. The van der Waals surface area contributed by atoms with Gasteiger partial charge < -0.3 is 15.0 Å². The van der Waals surface area contributed by atoms with E-state index < -0.39 is 0 Å². The summed E-state index contributed by atoms with van der Waals surface area (Å²) < 4.78 is 5.20. The van der Waals surface area contributed by atoms with Crippen molar-refractivity contribution in [3.63, 3.8) is 0 Å².